The van der Waals surface area contributed by atoms with Crippen LogP contribution >= 0.6 is 22.9 Å². The second kappa shape index (κ2) is 9.19. The second-order valence-electron chi connectivity index (χ2n) is 6.31. The summed E-state index contributed by atoms with van der Waals surface area (Å²) >= 11 is 7.53. The summed E-state index contributed by atoms with van der Waals surface area (Å²) < 4.78 is 5.45. The topological polar surface area (TPSA) is 47.0 Å². The molecule has 1 fully saturated rings. The zero-order valence-electron chi connectivity index (χ0n) is 15.3. The van der Waals surface area contributed by atoms with E-state index in [2.05, 4.69) is 22.2 Å². The van der Waals surface area contributed by atoms with Gasteiger partial charge in [0.2, 0.25) is 0 Å². The van der Waals surface area contributed by atoms with E-state index in [1.165, 1.54) is 0 Å². The Balaban J connectivity index is 1.52. The van der Waals surface area contributed by atoms with Gasteiger partial charge in [-0.2, -0.15) is 0 Å². The summed E-state index contributed by atoms with van der Waals surface area (Å²) in [4.78, 5) is 13.6. The molecule has 0 amide bonds. The van der Waals surface area contributed by atoms with Crippen molar-refractivity contribution in [1.82, 2.24) is 4.98 Å². The number of benzene rings is 2. The van der Waals surface area contributed by atoms with Crippen molar-refractivity contribution in [1.29, 1.82) is 0 Å². The molecule has 0 spiro atoms. The Hall–Kier alpha value is -2.41. The van der Waals surface area contributed by atoms with Gasteiger partial charge in [0.25, 0.3) is 0 Å². The van der Waals surface area contributed by atoms with Gasteiger partial charge in [0.1, 0.15) is 6.61 Å². The van der Waals surface area contributed by atoms with E-state index in [1.807, 2.05) is 42.5 Å². The molecule has 0 saturated carbocycles. The quantitative estimate of drug-likeness (QED) is 0.428. The van der Waals surface area contributed by atoms with Gasteiger partial charge in [0.05, 0.1) is 30.0 Å². The highest BCUT2D eigenvalue weighted by molar-refractivity contribution is 7.17. The van der Waals surface area contributed by atoms with Gasteiger partial charge in [0, 0.05) is 23.7 Å². The number of morpholine rings is 1. The molecule has 0 N–H and O–H groups in total. The maximum atomic E-state index is 5.91. The molecule has 0 radical (unpaired) electrons. The molecular formula is C21H20ClN3O2S. The minimum absolute atomic E-state index is 0.392. The van der Waals surface area contributed by atoms with Gasteiger partial charge in [-0.15, -0.1) is 0 Å². The van der Waals surface area contributed by atoms with Crippen LogP contribution in [0.2, 0.25) is 5.02 Å². The van der Waals surface area contributed by atoms with E-state index < -0.39 is 0 Å². The van der Waals surface area contributed by atoms with Crippen molar-refractivity contribution in [2.45, 2.75) is 6.61 Å². The van der Waals surface area contributed by atoms with Crippen LogP contribution in [0.4, 0.5) is 5.13 Å². The highest BCUT2D eigenvalue weighted by Gasteiger charge is 2.18. The maximum absolute atomic E-state index is 5.91. The summed E-state index contributed by atoms with van der Waals surface area (Å²) in [6.45, 7) is 3.56. The van der Waals surface area contributed by atoms with E-state index in [4.69, 9.17) is 26.2 Å². The van der Waals surface area contributed by atoms with Crippen LogP contribution in [0.25, 0.3) is 11.3 Å². The zero-order valence-corrected chi connectivity index (χ0v) is 16.8. The van der Waals surface area contributed by atoms with Crippen LogP contribution in [-0.4, -0.2) is 37.5 Å². The fourth-order valence-corrected chi connectivity index (χ4v) is 4.01. The van der Waals surface area contributed by atoms with Gasteiger partial charge in [-0.25, -0.2) is 4.98 Å². The Morgan fingerprint density at radius 3 is 2.61 bits per heavy atom. The van der Waals surface area contributed by atoms with Crippen molar-refractivity contribution in [3.63, 3.8) is 0 Å². The van der Waals surface area contributed by atoms with Gasteiger partial charge in [0.15, 0.2) is 5.13 Å². The number of nitrogens with zero attached hydrogens (tertiary/aromatic N) is 3. The van der Waals surface area contributed by atoms with E-state index in [1.54, 1.807) is 17.6 Å². The Labute approximate surface area is 173 Å². The highest BCUT2D eigenvalue weighted by Crippen LogP contribution is 2.32. The molecule has 144 valence electrons. The lowest BCUT2D eigenvalue weighted by Gasteiger charge is -2.26. The number of rotatable bonds is 6. The number of hydrogen-bond donors (Lipinski definition) is 0. The Morgan fingerprint density at radius 2 is 1.86 bits per heavy atom. The van der Waals surface area contributed by atoms with Crippen molar-refractivity contribution in [3.8, 4) is 11.3 Å². The second-order valence-corrected chi connectivity index (χ2v) is 7.75. The molecule has 2 aromatic carbocycles. The molecule has 1 aromatic heterocycles. The molecule has 28 heavy (non-hydrogen) atoms. The first-order chi connectivity index (χ1) is 13.8. The van der Waals surface area contributed by atoms with Crippen molar-refractivity contribution < 1.29 is 9.57 Å². The molecule has 5 nitrogen and oxygen atoms in total. The first-order valence-corrected chi connectivity index (χ1v) is 10.3. The summed E-state index contributed by atoms with van der Waals surface area (Å²) in [6, 6.07) is 17.7. The van der Waals surface area contributed by atoms with Crippen LogP contribution < -0.4 is 4.90 Å². The molecule has 4 rings (SSSR count). The molecule has 0 atom stereocenters. The molecule has 1 aliphatic heterocycles. The van der Waals surface area contributed by atoms with Crippen LogP contribution in [0.1, 0.15) is 10.4 Å². The molecular weight excluding hydrogens is 394 g/mol. The van der Waals surface area contributed by atoms with Gasteiger partial charge in [-0.05, 0) is 17.7 Å². The average Bonchev–Trinajstić information content (AvgIpc) is 3.18. The fourth-order valence-electron chi connectivity index (χ4n) is 2.88. The third kappa shape index (κ3) is 4.70. The highest BCUT2D eigenvalue weighted by atomic mass is 35.5. The Morgan fingerprint density at radius 1 is 1.11 bits per heavy atom. The number of aromatic nitrogens is 1. The fraction of sp³-hybridized carbons (Fsp3) is 0.238. The van der Waals surface area contributed by atoms with Crippen molar-refractivity contribution in [2.24, 2.45) is 5.16 Å². The predicted octanol–water partition coefficient (Wildman–Crippen LogP) is 4.85. The molecule has 7 heteroatoms. The lowest BCUT2D eigenvalue weighted by atomic mass is 10.1. The molecule has 0 bridgehead atoms. The Kier molecular flexibility index (Phi) is 6.21. The first kappa shape index (κ1) is 18.9. The van der Waals surface area contributed by atoms with Gasteiger partial charge in [-0.1, -0.05) is 70.6 Å². The lowest BCUT2D eigenvalue weighted by Crippen LogP contribution is -2.36. The van der Waals surface area contributed by atoms with Gasteiger partial charge >= 0.3 is 0 Å². The third-order valence-corrected chi connectivity index (χ3v) is 5.66. The standard InChI is InChI=1S/C21H20ClN3O2S/c22-18-8-6-16(7-9-18)15-27-23-14-19-20(17-4-2-1-3-5-17)24-21(28-19)25-10-12-26-13-11-25/h1-9,14H,10-13,15H2/b23-14-. The number of oxime groups is 1. The largest absolute Gasteiger partial charge is 0.391 e. The summed E-state index contributed by atoms with van der Waals surface area (Å²) in [5.41, 5.74) is 3.01. The van der Waals surface area contributed by atoms with E-state index in [9.17, 15) is 0 Å². The predicted molar refractivity (Wildman–Crippen MR) is 114 cm³/mol. The summed E-state index contributed by atoms with van der Waals surface area (Å²) in [5, 5.41) is 5.87. The van der Waals surface area contributed by atoms with Crippen molar-refractivity contribution >= 4 is 34.3 Å². The molecule has 0 unspecified atom stereocenters. The number of anilines is 1. The summed E-state index contributed by atoms with van der Waals surface area (Å²) in [7, 11) is 0. The minimum Gasteiger partial charge on any atom is -0.391 e. The third-order valence-electron chi connectivity index (χ3n) is 4.36. The molecule has 2 heterocycles. The number of hydrogen-bond acceptors (Lipinski definition) is 6. The number of halogens is 1. The monoisotopic (exact) mass is 413 g/mol. The summed E-state index contributed by atoms with van der Waals surface area (Å²) in [6.07, 6.45) is 1.75. The lowest BCUT2D eigenvalue weighted by molar-refractivity contribution is 0.122. The normalized spacial score (nSPS) is 14.5. The van der Waals surface area contributed by atoms with E-state index >= 15 is 0 Å². The maximum Gasteiger partial charge on any atom is 0.186 e. The van der Waals surface area contributed by atoms with E-state index in [0.29, 0.717) is 11.6 Å². The molecule has 1 saturated heterocycles. The SMILES string of the molecule is Clc1ccc(CO/N=C\c2sc(N3CCOCC3)nc2-c2ccccc2)cc1. The molecule has 0 aliphatic carbocycles. The van der Waals surface area contributed by atoms with Crippen LogP contribution in [-0.2, 0) is 16.2 Å². The van der Waals surface area contributed by atoms with Crippen LogP contribution in [0, 0.1) is 0 Å². The zero-order chi connectivity index (χ0) is 19.2. The van der Waals surface area contributed by atoms with Crippen molar-refractivity contribution in [3.05, 3.63) is 70.1 Å². The van der Waals surface area contributed by atoms with Crippen molar-refractivity contribution in [2.75, 3.05) is 31.2 Å². The van der Waals surface area contributed by atoms with Gasteiger partial charge < -0.3 is 14.5 Å². The van der Waals surface area contributed by atoms with E-state index in [-0.39, 0.29) is 0 Å². The average molecular weight is 414 g/mol. The first-order valence-electron chi connectivity index (χ1n) is 9.08. The Bertz CT molecular complexity index is 923. The number of thiazole rings is 1. The minimum atomic E-state index is 0.392. The molecule has 1 aliphatic rings. The smallest absolute Gasteiger partial charge is 0.186 e. The summed E-state index contributed by atoms with van der Waals surface area (Å²) in [5.74, 6) is 0. The molecule has 3 aromatic rings. The van der Waals surface area contributed by atoms with Crippen LogP contribution in [0.15, 0.2) is 59.8 Å². The van der Waals surface area contributed by atoms with Gasteiger partial charge in [-0.3, -0.25) is 0 Å². The number of ether oxygens (including phenoxy) is 1. The van der Waals surface area contributed by atoms with E-state index in [0.717, 1.165) is 53.1 Å². The van der Waals surface area contributed by atoms with Crippen LogP contribution in [0.3, 0.4) is 0 Å². The van der Waals surface area contributed by atoms with Crippen LogP contribution in [0.5, 0.6) is 0 Å².